The Morgan fingerprint density at radius 1 is 1.44 bits per heavy atom. The molecule has 0 atom stereocenters. The Morgan fingerprint density at radius 2 is 2.22 bits per heavy atom. The Balaban J connectivity index is 2.66. The summed E-state index contributed by atoms with van der Waals surface area (Å²) in [5.74, 6) is 0. The highest BCUT2D eigenvalue weighted by atomic mass is 16.5. The van der Waals surface area contributed by atoms with E-state index in [2.05, 4.69) is 6.92 Å². The highest BCUT2D eigenvalue weighted by Gasteiger charge is 1.85. The van der Waals surface area contributed by atoms with E-state index in [9.17, 15) is 4.79 Å². The maximum absolute atomic E-state index is 9.66. The van der Waals surface area contributed by atoms with E-state index >= 15 is 0 Å². The lowest BCUT2D eigenvalue weighted by atomic mass is 10.3. The van der Waals surface area contributed by atoms with Gasteiger partial charge >= 0.3 is 0 Å². The third-order valence-corrected chi connectivity index (χ3v) is 1.02. The van der Waals surface area contributed by atoms with Gasteiger partial charge in [-0.1, -0.05) is 19.8 Å². The van der Waals surface area contributed by atoms with Crippen molar-refractivity contribution in [3.05, 3.63) is 6.61 Å². The molecule has 0 aliphatic rings. The zero-order valence-corrected chi connectivity index (χ0v) is 5.80. The number of carbonyl (C=O) groups excluding carboxylic acids is 1. The van der Waals surface area contributed by atoms with E-state index in [-0.39, 0.29) is 0 Å². The van der Waals surface area contributed by atoms with Crippen molar-refractivity contribution in [1.82, 2.24) is 0 Å². The van der Waals surface area contributed by atoms with Crippen molar-refractivity contribution >= 4 is 6.29 Å². The molecular weight excluding hydrogens is 116 g/mol. The number of hydrogen-bond acceptors (Lipinski definition) is 2. The number of hydrogen-bond donors (Lipinski definition) is 0. The van der Waals surface area contributed by atoms with E-state index in [0.717, 1.165) is 6.42 Å². The Kier molecular flexibility index (Phi) is 7.32. The van der Waals surface area contributed by atoms with E-state index in [4.69, 9.17) is 4.74 Å². The fourth-order valence-corrected chi connectivity index (χ4v) is 0.543. The molecule has 0 aliphatic carbocycles. The van der Waals surface area contributed by atoms with Gasteiger partial charge in [0.05, 0.1) is 0 Å². The minimum Gasteiger partial charge on any atom is -0.368 e. The van der Waals surface area contributed by atoms with E-state index in [0.29, 0.717) is 12.9 Å². The highest BCUT2D eigenvalue weighted by Crippen LogP contribution is 1.93. The van der Waals surface area contributed by atoms with Gasteiger partial charge in [0.1, 0.15) is 6.61 Å². The quantitative estimate of drug-likeness (QED) is 0.402. The molecule has 0 rings (SSSR count). The minimum atomic E-state index is 0.659. The summed E-state index contributed by atoms with van der Waals surface area (Å²) < 4.78 is 4.79. The summed E-state index contributed by atoms with van der Waals surface area (Å²) in [5.41, 5.74) is 0. The molecule has 9 heavy (non-hydrogen) atoms. The third-order valence-electron chi connectivity index (χ3n) is 1.02. The van der Waals surface area contributed by atoms with Gasteiger partial charge in [0, 0.05) is 6.61 Å². The molecule has 1 radical (unpaired) electrons. The predicted octanol–water partition coefficient (Wildman–Crippen LogP) is 1.55. The fraction of sp³-hybridized carbons (Fsp3) is 0.714. The van der Waals surface area contributed by atoms with Gasteiger partial charge in [0.2, 0.25) is 0 Å². The monoisotopic (exact) mass is 129 g/mol. The van der Waals surface area contributed by atoms with Crippen molar-refractivity contribution < 1.29 is 9.53 Å². The first-order valence-electron chi connectivity index (χ1n) is 3.30. The SMILES string of the molecule is CCCCCO[CH]C=O. The van der Waals surface area contributed by atoms with E-state index in [1.54, 1.807) is 0 Å². The summed E-state index contributed by atoms with van der Waals surface area (Å²) in [4.78, 5) is 9.66. The van der Waals surface area contributed by atoms with Gasteiger partial charge in [-0.3, -0.25) is 0 Å². The first kappa shape index (κ1) is 8.63. The summed E-state index contributed by atoms with van der Waals surface area (Å²) in [6, 6.07) is 0. The van der Waals surface area contributed by atoms with Crippen molar-refractivity contribution in [3.63, 3.8) is 0 Å². The van der Waals surface area contributed by atoms with E-state index in [1.807, 2.05) is 0 Å². The van der Waals surface area contributed by atoms with Crippen LogP contribution in [0, 0.1) is 6.61 Å². The average molecular weight is 129 g/mol. The predicted molar refractivity (Wildman–Crippen MR) is 35.8 cm³/mol. The molecule has 0 heterocycles. The van der Waals surface area contributed by atoms with Gasteiger partial charge in [0.15, 0.2) is 6.29 Å². The second kappa shape index (κ2) is 7.63. The van der Waals surface area contributed by atoms with Crippen LogP contribution in [0.15, 0.2) is 0 Å². The molecule has 0 aromatic rings. The molecule has 0 saturated heterocycles. The molecule has 0 N–H and O–H groups in total. The van der Waals surface area contributed by atoms with Crippen LogP contribution in [-0.4, -0.2) is 12.9 Å². The normalized spacial score (nSPS) is 9.44. The van der Waals surface area contributed by atoms with Crippen LogP contribution >= 0.6 is 0 Å². The number of carbonyl (C=O) groups is 1. The lowest BCUT2D eigenvalue weighted by Crippen LogP contribution is -1.91. The van der Waals surface area contributed by atoms with Crippen LogP contribution in [-0.2, 0) is 9.53 Å². The van der Waals surface area contributed by atoms with Crippen LogP contribution in [0.5, 0.6) is 0 Å². The van der Waals surface area contributed by atoms with Gasteiger partial charge in [-0.25, -0.2) is 0 Å². The molecule has 2 nitrogen and oxygen atoms in total. The van der Waals surface area contributed by atoms with Gasteiger partial charge in [0.25, 0.3) is 0 Å². The number of ether oxygens (including phenoxy) is 1. The Labute approximate surface area is 56.2 Å². The second-order valence-electron chi connectivity index (χ2n) is 1.85. The average Bonchev–Trinajstić information content (AvgIpc) is 1.89. The third kappa shape index (κ3) is 7.63. The summed E-state index contributed by atoms with van der Waals surface area (Å²) in [6.45, 7) is 3.99. The molecule has 0 aliphatic heterocycles. The maximum atomic E-state index is 9.66. The number of rotatable bonds is 6. The van der Waals surface area contributed by atoms with Crippen molar-refractivity contribution in [2.45, 2.75) is 26.2 Å². The highest BCUT2D eigenvalue weighted by molar-refractivity contribution is 5.58. The van der Waals surface area contributed by atoms with Crippen molar-refractivity contribution in [3.8, 4) is 0 Å². The van der Waals surface area contributed by atoms with Gasteiger partial charge in [-0.15, -0.1) is 0 Å². The van der Waals surface area contributed by atoms with Crippen molar-refractivity contribution in [1.29, 1.82) is 0 Å². The van der Waals surface area contributed by atoms with Crippen LogP contribution in [0.1, 0.15) is 26.2 Å². The van der Waals surface area contributed by atoms with Gasteiger partial charge < -0.3 is 9.53 Å². The summed E-state index contributed by atoms with van der Waals surface area (Å²) in [5, 5.41) is 0. The van der Waals surface area contributed by atoms with Gasteiger partial charge in [-0.05, 0) is 6.42 Å². The van der Waals surface area contributed by atoms with Crippen molar-refractivity contribution in [2.75, 3.05) is 6.61 Å². The zero-order valence-electron chi connectivity index (χ0n) is 5.80. The van der Waals surface area contributed by atoms with Crippen LogP contribution in [0.4, 0.5) is 0 Å². The van der Waals surface area contributed by atoms with E-state index < -0.39 is 0 Å². The van der Waals surface area contributed by atoms with Crippen LogP contribution in [0.2, 0.25) is 0 Å². The molecule has 0 bridgehead atoms. The number of aldehydes is 1. The van der Waals surface area contributed by atoms with Gasteiger partial charge in [-0.2, -0.15) is 0 Å². The first-order valence-corrected chi connectivity index (χ1v) is 3.30. The zero-order chi connectivity index (χ0) is 6.95. The molecular formula is C7H13O2. The molecule has 0 aromatic carbocycles. The molecule has 0 fully saturated rings. The standard InChI is InChI=1S/C7H13O2/c1-2-3-4-6-9-7-5-8/h5,7H,2-4,6H2,1H3. The fourth-order valence-electron chi connectivity index (χ4n) is 0.543. The summed E-state index contributed by atoms with van der Waals surface area (Å²) in [6.07, 6.45) is 4.06. The Hall–Kier alpha value is -0.370. The molecule has 0 unspecified atom stereocenters. The maximum Gasteiger partial charge on any atom is 0.151 e. The summed E-state index contributed by atoms with van der Waals surface area (Å²) >= 11 is 0. The number of unbranched alkanes of at least 4 members (excludes halogenated alkanes) is 2. The molecule has 2 heteroatoms. The summed E-state index contributed by atoms with van der Waals surface area (Å²) in [7, 11) is 0. The minimum absolute atomic E-state index is 0.659. The lowest BCUT2D eigenvalue weighted by Gasteiger charge is -1.95. The smallest absolute Gasteiger partial charge is 0.151 e. The van der Waals surface area contributed by atoms with Crippen molar-refractivity contribution in [2.24, 2.45) is 0 Å². The van der Waals surface area contributed by atoms with Crippen LogP contribution in [0.3, 0.4) is 0 Å². The molecule has 0 amide bonds. The largest absolute Gasteiger partial charge is 0.368 e. The topological polar surface area (TPSA) is 26.3 Å². The molecule has 53 valence electrons. The second-order valence-corrected chi connectivity index (χ2v) is 1.85. The molecule has 0 aromatic heterocycles. The molecule has 0 spiro atoms. The lowest BCUT2D eigenvalue weighted by molar-refractivity contribution is -0.108. The first-order chi connectivity index (χ1) is 4.41. The molecule has 0 saturated carbocycles. The van der Waals surface area contributed by atoms with Crippen LogP contribution < -0.4 is 0 Å². The van der Waals surface area contributed by atoms with Crippen LogP contribution in [0.25, 0.3) is 0 Å². The van der Waals surface area contributed by atoms with E-state index in [1.165, 1.54) is 19.4 Å². The Morgan fingerprint density at radius 3 is 2.78 bits per heavy atom. The Bertz CT molecular complexity index is 61.9.